The maximum absolute atomic E-state index is 13.5. The molecule has 0 saturated heterocycles. The predicted octanol–water partition coefficient (Wildman–Crippen LogP) is 4.73. The van der Waals surface area contributed by atoms with E-state index in [1.165, 1.54) is 0 Å². The molecular weight excluding hydrogens is 470 g/mol. The molecule has 0 spiro atoms. The molecule has 0 amide bonds. The second kappa shape index (κ2) is 10.0. The van der Waals surface area contributed by atoms with Crippen LogP contribution in [-0.4, -0.2) is 29.8 Å². The minimum absolute atomic E-state index is 0.00338. The number of nitrogens with one attached hydrogen (secondary N) is 1. The van der Waals surface area contributed by atoms with E-state index in [2.05, 4.69) is 15.8 Å². The van der Waals surface area contributed by atoms with Gasteiger partial charge in [0.05, 0.1) is 17.8 Å². The molecule has 0 aliphatic heterocycles. The summed E-state index contributed by atoms with van der Waals surface area (Å²) in [7, 11) is -3.44. The van der Waals surface area contributed by atoms with E-state index in [-0.39, 0.29) is 29.3 Å². The number of hydrogen-bond donors (Lipinski definition) is 1. The standard InChI is InChI=1S/C26H30ClN3O3S/c1-4-34(32,33)29-23-11-12-24-25(26(31)30(16-28-24)17(2)3)22(23)14-18-7-5-8-19(13-18)20-9-6-10-21(27)15-20/h5-10,13,15-17,22-23,29H,4,11-12,14H2,1-3H3. The lowest BCUT2D eigenvalue weighted by Crippen LogP contribution is -2.46. The molecule has 2 aromatic carbocycles. The Morgan fingerprint density at radius 2 is 1.85 bits per heavy atom. The fourth-order valence-electron chi connectivity index (χ4n) is 4.65. The monoisotopic (exact) mass is 499 g/mol. The van der Waals surface area contributed by atoms with Crippen LogP contribution in [-0.2, 0) is 22.9 Å². The molecule has 34 heavy (non-hydrogen) atoms. The first-order valence-electron chi connectivity index (χ1n) is 11.6. The first-order valence-corrected chi connectivity index (χ1v) is 13.7. The van der Waals surface area contributed by atoms with Crippen molar-refractivity contribution >= 4 is 21.6 Å². The molecular formula is C26H30ClN3O3S. The van der Waals surface area contributed by atoms with Gasteiger partial charge >= 0.3 is 0 Å². The zero-order valence-electron chi connectivity index (χ0n) is 19.7. The van der Waals surface area contributed by atoms with Crippen molar-refractivity contribution in [3.05, 3.63) is 87.1 Å². The molecule has 0 fully saturated rings. The highest BCUT2D eigenvalue weighted by Crippen LogP contribution is 2.33. The second-order valence-electron chi connectivity index (χ2n) is 9.10. The third-order valence-electron chi connectivity index (χ3n) is 6.47. The summed E-state index contributed by atoms with van der Waals surface area (Å²) in [6.07, 6.45) is 3.30. The fraction of sp³-hybridized carbons (Fsp3) is 0.385. The Bertz CT molecular complexity index is 1350. The molecule has 1 N–H and O–H groups in total. The van der Waals surface area contributed by atoms with E-state index in [0.717, 1.165) is 22.4 Å². The smallest absolute Gasteiger partial charge is 0.257 e. The topological polar surface area (TPSA) is 81.1 Å². The van der Waals surface area contributed by atoms with E-state index in [1.54, 1.807) is 17.8 Å². The van der Waals surface area contributed by atoms with Crippen LogP contribution < -0.4 is 10.3 Å². The molecule has 0 radical (unpaired) electrons. The van der Waals surface area contributed by atoms with E-state index in [4.69, 9.17) is 11.6 Å². The van der Waals surface area contributed by atoms with Crippen molar-refractivity contribution in [2.75, 3.05) is 5.75 Å². The van der Waals surface area contributed by atoms with Gasteiger partial charge in [0, 0.05) is 28.6 Å². The van der Waals surface area contributed by atoms with E-state index in [9.17, 15) is 13.2 Å². The van der Waals surface area contributed by atoms with Gasteiger partial charge in [0.1, 0.15) is 0 Å². The van der Waals surface area contributed by atoms with Gasteiger partial charge in [-0.1, -0.05) is 48.0 Å². The van der Waals surface area contributed by atoms with Crippen LogP contribution in [0.4, 0.5) is 0 Å². The van der Waals surface area contributed by atoms with Gasteiger partial charge < -0.3 is 0 Å². The second-order valence-corrected chi connectivity index (χ2v) is 11.6. The number of aromatic nitrogens is 2. The molecule has 2 unspecified atom stereocenters. The van der Waals surface area contributed by atoms with Crippen molar-refractivity contribution in [2.45, 2.75) is 58.0 Å². The highest BCUT2D eigenvalue weighted by atomic mass is 35.5. The lowest BCUT2D eigenvalue weighted by molar-refractivity contribution is 0.412. The van der Waals surface area contributed by atoms with Crippen molar-refractivity contribution in [3.63, 3.8) is 0 Å². The van der Waals surface area contributed by atoms with Crippen LogP contribution in [0.2, 0.25) is 5.02 Å². The molecule has 3 aromatic rings. The first kappa shape index (κ1) is 24.6. The summed E-state index contributed by atoms with van der Waals surface area (Å²) in [5.74, 6) is -0.317. The minimum Gasteiger partial charge on any atom is -0.296 e. The SMILES string of the molecule is CCS(=O)(=O)NC1CCc2ncn(C(C)C)c(=O)c2C1Cc1cccc(-c2cccc(Cl)c2)c1. The number of fused-ring (bicyclic) bond motifs is 1. The molecule has 180 valence electrons. The largest absolute Gasteiger partial charge is 0.296 e. The highest BCUT2D eigenvalue weighted by molar-refractivity contribution is 7.89. The Kier molecular flexibility index (Phi) is 7.26. The van der Waals surface area contributed by atoms with Crippen molar-refractivity contribution in [1.29, 1.82) is 0 Å². The van der Waals surface area contributed by atoms with Gasteiger partial charge in [0.25, 0.3) is 5.56 Å². The zero-order chi connectivity index (χ0) is 24.5. The maximum atomic E-state index is 13.5. The Labute approximate surface area is 206 Å². The third-order valence-corrected chi connectivity index (χ3v) is 8.13. The Hall–Kier alpha value is -2.48. The molecule has 0 bridgehead atoms. The zero-order valence-corrected chi connectivity index (χ0v) is 21.2. The fourth-order valence-corrected chi connectivity index (χ4v) is 5.75. The van der Waals surface area contributed by atoms with Crippen molar-refractivity contribution in [2.24, 2.45) is 0 Å². The summed E-state index contributed by atoms with van der Waals surface area (Å²) in [5, 5.41) is 0.665. The average Bonchev–Trinajstić information content (AvgIpc) is 2.80. The lowest BCUT2D eigenvalue weighted by atomic mass is 9.78. The number of aryl methyl sites for hydroxylation is 1. The summed E-state index contributed by atoms with van der Waals surface area (Å²) in [5.41, 5.74) is 4.36. The molecule has 1 aliphatic carbocycles. The average molecular weight is 500 g/mol. The molecule has 6 nitrogen and oxygen atoms in total. The molecule has 1 aromatic heterocycles. The normalized spacial score (nSPS) is 18.1. The number of nitrogens with zero attached hydrogens (tertiary/aromatic N) is 2. The molecule has 4 rings (SSSR count). The quantitative estimate of drug-likeness (QED) is 0.509. The summed E-state index contributed by atoms with van der Waals surface area (Å²) in [4.78, 5) is 18.1. The van der Waals surface area contributed by atoms with Crippen molar-refractivity contribution in [1.82, 2.24) is 14.3 Å². The minimum atomic E-state index is -3.44. The Morgan fingerprint density at radius 3 is 2.53 bits per heavy atom. The van der Waals surface area contributed by atoms with Crippen LogP contribution >= 0.6 is 11.6 Å². The van der Waals surface area contributed by atoms with Crippen LogP contribution in [0.25, 0.3) is 11.1 Å². The van der Waals surface area contributed by atoms with Gasteiger partial charge in [-0.3, -0.25) is 9.36 Å². The van der Waals surface area contributed by atoms with Gasteiger partial charge in [-0.25, -0.2) is 18.1 Å². The molecule has 2 atom stereocenters. The molecule has 1 aliphatic rings. The molecule has 1 heterocycles. The Balaban J connectivity index is 1.78. The lowest BCUT2D eigenvalue weighted by Gasteiger charge is -2.33. The van der Waals surface area contributed by atoms with E-state index < -0.39 is 10.0 Å². The van der Waals surface area contributed by atoms with Gasteiger partial charge in [0.15, 0.2) is 0 Å². The number of rotatable bonds is 7. The predicted molar refractivity (Wildman–Crippen MR) is 137 cm³/mol. The van der Waals surface area contributed by atoms with Crippen LogP contribution in [0.3, 0.4) is 0 Å². The number of benzene rings is 2. The van der Waals surface area contributed by atoms with Crippen LogP contribution in [0.15, 0.2) is 59.7 Å². The molecule has 8 heteroatoms. The van der Waals surface area contributed by atoms with Gasteiger partial charge in [-0.2, -0.15) is 0 Å². The summed E-state index contributed by atoms with van der Waals surface area (Å²) < 4.78 is 29.5. The van der Waals surface area contributed by atoms with Crippen molar-refractivity contribution < 1.29 is 8.42 Å². The summed E-state index contributed by atoms with van der Waals surface area (Å²) >= 11 is 6.19. The Morgan fingerprint density at radius 1 is 1.15 bits per heavy atom. The number of hydrogen-bond acceptors (Lipinski definition) is 4. The van der Waals surface area contributed by atoms with Gasteiger partial charge in [-0.15, -0.1) is 0 Å². The van der Waals surface area contributed by atoms with E-state index in [0.29, 0.717) is 29.8 Å². The van der Waals surface area contributed by atoms with E-state index in [1.807, 2.05) is 56.3 Å². The number of halogens is 1. The highest BCUT2D eigenvalue weighted by Gasteiger charge is 2.35. The first-order chi connectivity index (χ1) is 16.2. The third kappa shape index (κ3) is 5.27. The van der Waals surface area contributed by atoms with Crippen molar-refractivity contribution in [3.8, 4) is 11.1 Å². The van der Waals surface area contributed by atoms with E-state index >= 15 is 0 Å². The van der Waals surface area contributed by atoms with Crippen LogP contribution in [0.5, 0.6) is 0 Å². The maximum Gasteiger partial charge on any atom is 0.257 e. The summed E-state index contributed by atoms with van der Waals surface area (Å²) in [6, 6.07) is 15.4. The molecule has 0 saturated carbocycles. The van der Waals surface area contributed by atoms with Crippen LogP contribution in [0.1, 0.15) is 56.0 Å². The summed E-state index contributed by atoms with van der Waals surface area (Å²) in [6.45, 7) is 5.51. The van der Waals surface area contributed by atoms with Crippen LogP contribution in [0, 0.1) is 0 Å². The van der Waals surface area contributed by atoms with Gasteiger partial charge in [-0.05, 0) is 68.9 Å². The van der Waals surface area contributed by atoms with Gasteiger partial charge in [0.2, 0.25) is 10.0 Å². The number of sulfonamides is 1.